The van der Waals surface area contributed by atoms with E-state index < -0.39 is 5.82 Å². The predicted molar refractivity (Wildman–Crippen MR) is 57.8 cm³/mol. The molecule has 2 rings (SSSR count). The van der Waals surface area contributed by atoms with Crippen LogP contribution in [0.15, 0.2) is 30.5 Å². The molecular weight excluding hydrogens is 207 g/mol. The first-order valence-corrected chi connectivity index (χ1v) is 4.89. The fourth-order valence-electron chi connectivity index (χ4n) is 1.50. The zero-order chi connectivity index (χ0) is 11.7. The lowest BCUT2D eigenvalue weighted by molar-refractivity contribution is 0.102. The van der Waals surface area contributed by atoms with E-state index in [1.807, 2.05) is 0 Å². The van der Waals surface area contributed by atoms with Crippen molar-refractivity contribution in [2.24, 2.45) is 7.05 Å². The third-order valence-corrected chi connectivity index (χ3v) is 2.38. The normalized spacial score (nSPS) is 10.4. The maximum absolute atomic E-state index is 13.7. The molecule has 0 fully saturated rings. The fourth-order valence-corrected chi connectivity index (χ4v) is 1.50. The van der Waals surface area contributed by atoms with Gasteiger partial charge < -0.3 is 0 Å². The van der Waals surface area contributed by atoms with Gasteiger partial charge in [0.1, 0.15) is 11.5 Å². The number of carbonyl (C=O) groups excluding carboxylic acids is 1. The lowest BCUT2D eigenvalue weighted by atomic mass is 10.1. The average Bonchev–Trinajstić information content (AvgIpc) is 2.68. The van der Waals surface area contributed by atoms with Crippen LogP contribution in [-0.2, 0) is 7.05 Å². The van der Waals surface area contributed by atoms with E-state index in [2.05, 4.69) is 5.10 Å². The fraction of sp³-hybridized carbons (Fsp3) is 0.167. The van der Waals surface area contributed by atoms with E-state index in [0.717, 1.165) is 0 Å². The number of hydrogen-bond donors (Lipinski definition) is 0. The van der Waals surface area contributed by atoms with Crippen molar-refractivity contribution >= 4 is 5.78 Å². The smallest absolute Gasteiger partial charge is 0.216 e. The van der Waals surface area contributed by atoms with E-state index in [9.17, 15) is 9.18 Å². The molecule has 0 saturated carbocycles. The van der Waals surface area contributed by atoms with Crippen molar-refractivity contribution in [3.05, 3.63) is 53.1 Å². The minimum Gasteiger partial charge on any atom is -0.287 e. The summed E-state index contributed by atoms with van der Waals surface area (Å²) in [5.41, 5.74) is 0.785. The van der Waals surface area contributed by atoms with Crippen LogP contribution in [0.4, 0.5) is 4.39 Å². The van der Waals surface area contributed by atoms with Crippen molar-refractivity contribution in [2.75, 3.05) is 0 Å². The van der Waals surface area contributed by atoms with Crippen molar-refractivity contribution in [3.8, 4) is 0 Å². The van der Waals surface area contributed by atoms with Gasteiger partial charge >= 0.3 is 0 Å². The van der Waals surface area contributed by atoms with Gasteiger partial charge in [0.05, 0.1) is 5.56 Å². The van der Waals surface area contributed by atoms with Gasteiger partial charge in [0.15, 0.2) is 0 Å². The number of hydrogen-bond acceptors (Lipinski definition) is 2. The zero-order valence-corrected chi connectivity index (χ0v) is 9.07. The molecule has 1 aromatic carbocycles. The van der Waals surface area contributed by atoms with Crippen LogP contribution in [0.2, 0.25) is 0 Å². The zero-order valence-electron chi connectivity index (χ0n) is 9.07. The van der Waals surface area contributed by atoms with Gasteiger partial charge in [0.25, 0.3) is 0 Å². The molecule has 0 spiro atoms. The summed E-state index contributed by atoms with van der Waals surface area (Å²) in [5, 5.41) is 3.96. The third-order valence-electron chi connectivity index (χ3n) is 2.38. The molecule has 3 nitrogen and oxygen atoms in total. The Balaban J connectivity index is 2.45. The highest BCUT2D eigenvalue weighted by Crippen LogP contribution is 2.15. The van der Waals surface area contributed by atoms with Crippen LogP contribution in [0.25, 0.3) is 0 Å². The SMILES string of the molecule is Cc1cccc(C(=O)c2ccn(C)n2)c1F. The Hall–Kier alpha value is -1.97. The standard InChI is InChI=1S/C12H11FN2O/c1-8-4-3-5-9(11(8)13)12(16)10-6-7-15(2)14-10/h3-7H,1-2H3. The Morgan fingerprint density at radius 1 is 1.38 bits per heavy atom. The maximum atomic E-state index is 13.7. The number of benzene rings is 1. The van der Waals surface area contributed by atoms with Crippen molar-refractivity contribution < 1.29 is 9.18 Å². The van der Waals surface area contributed by atoms with Gasteiger partial charge in [-0.25, -0.2) is 4.39 Å². The predicted octanol–water partition coefficient (Wildman–Crippen LogP) is 2.10. The lowest BCUT2D eigenvalue weighted by Crippen LogP contribution is -2.06. The van der Waals surface area contributed by atoms with Crippen molar-refractivity contribution in [1.82, 2.24) is 9.78 Å². The van der Waals surface area contributed by atoms with Crippen LogP contribution in [-0.4, -0.2) is 15.6 Å². The Kier molecular flexibility index (Phi) is 2.56. The van der Waals surface area contributed by atoms with Crippen LogP contribution in [0.5, 0.6) is 0 Å². The van der Waals surface area contributed by atoms with Crippen LogP contribution in [0, 0.1) is 12.7 Å². The molecule has 0 aliphatic heterocycles. The molecule has 4 heteroatoms. The maximum Gasteiger partial charge on any atom is 0.216 e. The quantitative estimate of drug-likeness (QED) is 0.723. The molecule has 0 amide bonds. The molecule has 0 aliphatic rings. The van der Waals surface area contributed by atoms with Gasteiger partial charge in [0, 0.05) is 13.2 Å². The minimum atomic E-state index is -0.474. The highest BCUT2D eigenvalue weighted by Gasteiger charge is 2.16. The van der Waals surface area contributed by atoms with E-state index in [-0.39, 0.29) is 17.0 Å². The van der Waals surface area contributed by atoms with E-state index in [0.29, 0.717) is 5.56 Å². The molecule has 0 N–H and O–H groups in total. The minimum absolute atomic E-state index is 0.0682. The molecule has 0 atom stereocenters. The highest BCUT2D eigenvalue weighted by atomic mass is 19.1. The number of nitrogens with zero attached hydrogens (tertiary/aromatic N) is 2. The number of ketones is 1. The van der Waals surface area contributed by atoms with Crippen LogP contribution in [0.1, 0.15) is 21.6 Å². The number of halogens is 1. The molecule has 1 aromatic heterocycles. The molecule has 0 radical (unpaired) electrons. The molecule has 0 bridgehead atoms. The second-order valence-electron chi connectivity index (χ2n) is 3.64. The molecule has 2 aromatic rings. The van der Waals surface area contributed by atoms with Crippen LogP contribution < -0.4 is 0 Å². The summed E-state index contributed by atoms with van der Waals surface area (Å²) in [7, 11) is 1.71. The first-order chi connectivity index (χ1) is 7.59. The summed E-state index contributed by atoms with van der Waals surface area (Å²) in [4.78, 5) is 11.9. The molecule has 0 unspecified atom stereocenters. The summed E-state index contributed by atoms with van der Waals surface area (Å²) in [6.07, 6.45) is 1.65. The van der Waals surface area contributed by atoms with E-state index in [1.165, 1.54) is 10.7 Å². The molecule has 0 aliphatic carbocycles. The number of carbonyl (C=O) groups is 1. The van der Waals surface area contributed by atoms with Crippen molar-refractivity contribution in [2.45, 2.75) is 6.92 Å². The van der Waals surface area contributed by atoms with Gasteiger partial charge in [-0.05, 0) is 24.6 Å². The first-order valence-electron chi connectivity index (χ1n) is 4.89. The topological polar surface area (TPSA) is 34.9 Å². The summed E-state index contributed by atoms with van der Waals surface area (Å²) < 4.78 is 15.2. The second-order valence-corrected chi connectivity index (χ2v) is 3.64. The summed E-state index contributed by atoms with van der Waals surface area (Å²) in [6, 6.07) is 6.34. The van der Waals surface area contributed by atoms with Gasteiger partial charge in [-0.3, -0.25) is 9.48 Å². The van der Waals surface area contributed by atoms with E-state index >= 15 is 0 Å². The summed E-state index contributed by atoms with van der Waals surface area (Å²) in [5.74, 6) is -0.861. The largest absolute Gasteiger partial charge is 0.287 e. The molecular formula is C12H11FN2O. The van der Waals surface area contributed by atoms with Crippen molar-refractivity contribution in [1.29, 1.82) is 0 Å². The Morgan fingerprint density at radius 2 is 2.12 bits per heavy atom. The third kappa shape index (κ3) is 1.74. The molecule has 82 valence electrons. The Labute approximate surface area is 92.5 Å². The number of aromatic nitrogens is 2. The molecule has 1 heterocycles. The van der Waals surface area contributed by atoms with Gasteiger partial charge in [-0.2, -0.15) is 5.10 Å². The van der Waals surface area contributed by atoms with Crippen molar-refractivity contribution in [3.63, 3.8) is 0 Å². The van der Waals surface area contributed by atoms with E-state index in [4.69, 9.17) is 0 Å². The Bertz CT molecular complexity index is 546. The highest BCUT2D eigenvalue weighted by molar-refractivity contribution is 6.07. The lowest BCUT2D eigenvalue weighted by Gasteiger charge is -2.02. The Morgan fingerprint density at radius 3 is 2.75 bits per heavy atom. The van der Waals surface area contributed by atoms with Gasteiger partial charge in [-0.15, -0.1) is 0 Å². The van der Waals surface area contributed by atoms with Crippen LogP contribution in [0.3, 0.4) is 0 Å². The summed E-state index contributed by atoms with van der Waals surface area (Å²) >= 11 is 0. The monoisotopic (exact) mass is 218 g/mol. The summed E-state index contributed by atoms with van der Waals surface area (Å²) in [6.45, 7) is 1.63. The van der Waals surface area contributed by atoms with E-state index in [1.54, 1.807) is 38.4 Å². The second kappa shape index (κ2) is 3.89. The number of aryl methyl sites for hydroxylation is 2. The van der Waals surface area contributed by atoms with Gasteiger partial charge in [0.2, 0.25) is 5.78 Å². The van der Waals surface area contributed by atoms with Crippen LogP contribution >= 0.6 is 0 Å². The number of rotatable bonds is 2. The van der Waals surface area contributed by atoms with Gasteiger partial charge in [-0.1, -0.05) is 12.1 Å². The first kappa shape index (κ1) is 10.5. The average molecular weight is 218 g/mol. The molecule has 0 saturated heterocycles. The molecule has 16 heavy (non-hydrogen) atoms.